The van der Waals surface area contributed by atoms with Crippen LogP contribution in [0.15, 0.2) is 52.1 Å². The predicted octanol–water partition coefficient (Wildman–Crippen LogP) is 3.46. The highest BCUT2D eigenvalue weighted by atomic mass is 32.2. The van der Waals surface area contributed by atoms with Gasteiger partial charge in [-0.2, -0.15) is 0 Å². The molecule has 29 heavy (non-hydrogen) atoms. The Balaban J connectivity index is 1.33. The Morgan fingerprint density at radius 3 is 3.03 bits per heavy atom. The number of aromatic nitrogens is 1. The number of thioether (sulfide) groups is 1. The summed E-state index contributed by atoms with van der Waals surface area (Å²) in [7, 11) is 0. The van der Waals surface area contributed by atoms with Crippen molar-refractivity contribution in [3.63, 3.8) is 0 Å². The van der Waals surface area contributed by atoms with E-state index in [2.05, 4.69) is 10.3 Å². The highest BCUT2D eigenvalue weighted by Gasteiger charge is 2.33. The molecular formula is C20H16FN3O3S2. The Bertz CT molecular complexity index is 1120. The highest BCUT2D eigenvalue weighted by Crippen LogP contribution is 2.32. The van der Waals surface area contributed by atoms with Crippen molar-refractivity contribution >= 4 is 57.1 Å². The number of rotatable bonds is 6. The van der Waals surface area contributed by atoms with Crippen LogP contribution in [0.4, 0.5) is 4.39 Å². The second-order valence-corrected chi connectivity index (χ2v) is 8.06. The normalized spacial score (nSPS) is 15.6. The smallest absolute Gasteiger partial charge is 0.266 e. The van der Waals surface area contributed by atoms with Crippen molar-refractivity contribution < 1.29 is 18.4 Å². The van der Waals surface area contributed by atoms with Crippen LogP contribution in [0.1, 0.15) is 11.3 Å². The van der Waals surface area contributed by atoms with Crippen LogP contribution in [0.25, 0.3) is 17.0 Å². The lowest BCUT2D eigenvalue weighted by Gasteiger charge is -2.14. The summed E-state index contributed by atoms with van der Waals surface area (Å²) < 4.78 is 19.0. The van der Waals surface area contributed by atoms with Crippen molar-refractivity contribution in [1.82, 2.24) is 15.2 Å². The van der Waals surface area contributed by atoms with Crippen molar-refractivity contribution in [2.24, 2.45) is 0 Å². The van der Waals surface area contributed by atoms with E-state index in [1.807, 2.05) is 0 Å². The number of amides is 2. The number of nitrogens with zero attached hydrogens (tertiary/aromatic N) is 1. The molecule has 0 saturated carbocycles. The number of hydrogen-bond donors (Lipinski definition) is 2. The zero-order valence-electron chi connectivity index (χ0n) is 15.1. The van der Waals surface area contributed by atoms with Gasteiger partial charge in [0.05, 0.1) is 11.2 Å². The summed E-state index contributed by atoms with van der Waals surface area (Å²) >= 11 is 6.36. The first kappa shape index (κ1) is 19.4. The van der Waals surface area contributed by atoms with Gasteiger partial charge in [0.15, 0.2) is 0 Å². The van der Waals surface area contributed by atoms with Crippen molar-refractivity contribution in [1.29, 1.82) is 0 Å². The van der Waals surface area contributed by atoms with E-state index in [4.69, 9.17) is 16.6 Å². The molecule has 4 rings (SSSR count). The summed E-state index contributed by atoms with van der Waals surface area (Å²) in [4.78, 5) is 29.5. The summed E-state index contributed by atoms with van der Waals surface area (Å²) in [6.07, 6.45) is 5.46. The first-order valence-corrected chi connectivity index (χ1v) is 10.0. The number of halogens is 1. The van der Waals surface area contributed by atoms with Crippen LogP contribution in [-0.4, -0.2) is 39.1 Å². The molecule has 9 heteroatoms. The second kappa shape index (κ2) is 8.22. The van der Waals surface area contributed by atoms with Gasteiger partial charge < -0.3 is 14.7 Å². The van der Waals surface area contributed by atoms with Gasteiger partial charge in [0.25, 0.3) is 5.91 Å². The second-order valence-electron chi connectivity index (χ2n) is 6.39. The maximum absolute atomic E-state index is 13.5. The van der Waals surface area contributed by atoms with E-state index < -0.39 is 0 Å². The van der Waals surface area contributed by atoms with E-state index in [1.54, 1.807) is 30.5 Å². The van der Waals surface area contributed by atoms with Crippen molar-refractivity contribution in [2.45, 2.75) is 6.42 Å². The lowest BCUT2D eigenvalue weighted by Crippen LogP contribution is -2.40. The van der Waals surface area contributed by atoms with Gasteiger partial charge in [-0.25, -0.2) is 4.39 Å². The minimum Gasteiger partial charge on any atom is -0.465 e. The molecule has 2 N–H and O–H groups in total. The van der Waals surface area contributed by atoms with Crippen LogP contribution in [0.2, 0.25) is 0 Å². The summed E-state index contributed by atoms with van der Waals surface area (Å²) in [5.74, 6) is -0.394. The maximum atomic E-state index is 13.5. The molecule has 6 nitrogen and oxygen atoms in total. The van der Waals surface area contributed by atoms with Crippen molar-refractivity contribution in [2.75, 3.05) is 13.1 Å². The molecule has 0 spiro atoms. The summed E-state index contributed by atoms with van der Waals surface area (Å²) in [6.45, 7) is 0.210. The molecular weight excluding hydrogens is 413 g/mol. The fourth-order valence-corrected chi connectivity index (χ4v) is 4.27. The van der Waals surface area contributed by atoms with E-state index in [0.29, 0.717) is 28.0 Å². The first-order valence-electron chi connectivity index (χ1n) is 8.82. The Labute approximate surface area is 175 Å². The molecule has 1 fully saturated rings. The minimum atomic E-state index is -0.321. The molecule has 0 atom stereocenters. The van der Waals surface area contributed by atoms with E-state index in [9.17, 15) is 14.0 Å². The lowest BCUT2D eigenvalue weighted by molar-refractivity contribution is -0.128. The predicted molar refractivity (Wildman–Crippen MR) is 114 cm³/mol. The monoisotopic (exact) mass is 429 g/mol. The molecule has 148 valence electrons. The lowest BCUT2D eigenvalue weighted by atomic mass is 10.1. The van der Waals surface area contributed by atoms with Gasteiger partial charge >= 0.3 is 0 Å². The molecule has 0 unspecified atom stereocenters. The molecule has 1 saturated heterocycles. The minimum absolute atomic E-state index is 0.150. The van der Waals surface area contributed by atoms with Gasteiger partial charge in [0.2, 0.25) is 5.91 Å². The standard InChI is InChI=1S/C20H16FN3O3S2/c21-13-3-4-16-15(8-13)12(10-23-16)5-6-22-18(25)11-24-19(26)17(29-20(24)28)9-14-2-1-7-27-14/h1-4,7-10,23H,5-6,11H2,(H,22,25)/b17-9+. The fraction of sp³-hybridized carbons (Fsp3) is 0.150. The average molecular weight is 429 g/mol. The number of benzene rings is 1. The van der Waals surface area contributed by atoms with Gasteiger partial charge in [0.1, 0.15) is 22.4 Å². The molecule has 0 radical (unpaired) electrons. The number of furan rings is 1. The maximum Gasteiger partial charge on any atom is 0.266 e. The summed E-state index contributed by atoms with van der Waals surface area (Å²) in [5, 5.41) is 3.57. The van der Waals surface area contributed by atoms with Gasteiger partial charge in [-0.15, -0.1) is 0 Å². The third kappa shape index (κ3) is 4.25. The van der Waals surface area contributed by atoms with Crippen LogP contribution in [-0.2, 0) is 16.0 Å². The highest BCUT2D eigenvalue weighted by molar-refractivity contribution is 8.26. The third-order valence-corrected chi connectivity index (χ3v) is 5.82. The summed E-state index contributed by atoms with van der Waals surface area (Å²) in [6, 6.07) is 8.00. The molecule has 3 heterocycles. The molecule has 3 aromatic rings. The summed E-state index contributed by atoms with van der Waals surface area (Å²) in [5.41, 5.74) is 1.75. The largest absolute Gasteiger partial charge is 0.465 e. The van der Waals surface area contributed by atoms with E-state index in [0.717, 1.165) is 28.2 Å². The Kier molecular flexibility index (Phi) is 5.50. The number of H-pyrrole nitrogens is 1. The zero-order chi connectivity index (χ0) is 20.4. The topological polar surface area (TPSA) is 78.3 Å². The average Bonchev–Trinajstić information content (AvgIpc) is 3.40. The van der Waals surface area contributed by atoms with E-state index in [1.165, 1.54) is 23.3 Å². The zero-order valence-corrected chi connectivity index (χ0v) is 16.7. The van der Waals surface area contributed by atoms with Gasteiger partial charge in [-0.05, 0) is 42.3 Å². The SMILES string of the molecule is O=C(CN1C(=O)/C(=C\c2ccco2)SC1=S)NCCc1c[nH]c2ccc(F)cc12. The van der Waals surface area contributed by atoms with Crippen molar-refractivity contribution in [3.8, 4) is 0 Å². The quantitative estimate of drug-likeness (QED) is 0.464. The van der Waals surface area contributed by atoms with Crippen molar-refractivity contribution in [3.05, 3.63) is 64.8 Å². The van der Waals surface area contributed by atoms with Crippen LogP contribution in [0.3, 0.4) is 0 Å². The van der Waals surface area contributed by atoms with Gasteiger partial charge in [-0.1, -0.05) is 24.0 Å². The third-order valence-electron chi connectivity index (χ3n) is 4.44. The number of carbonyl (C=O) groups is 2. The Morgan fingerprint density at radius 1 is 1.38 bits per heavy atom. The molecule has 1 aliphatic rings. The Morgan fingerprint density at radius 2 is 2.24 bits per heavy atom. The first-order chi connectivity index (χ1) is 14.0. The number of thiocarbonyl (C=S) groups is 1. The molecule has 2 aromatic heterocycles. The van der Waals surface area contributed by atoms with Crippen LogP contribution >= 0.6 is 24.0 Å². The number of aromatic amines is 1. The van der Waals surface area contributed by atoms with E-state index >= 15 is 0 Å². The molecule has 0 aliphatic carbocycles. The molecule has 2 amide bonds. The number of carbonyl (C=O) groups excluding carboxylic acids is 2. The van der Waals surface area contributed by atoms with Crippen LogP contribution in [0.5, 0.6) is 0 Å². The van der Waals surface area contributed by atoms with Crippen LogP contribution < -0.4 is 5.32 Å². The Hall–Kier alpha value is -2.91. The van der Waals surface area contributed by atoms with Gasteiger partial charge in [-0.3, -0.25) is 14.5 Å². The number of hydrogen-bond acceptors (Lipinski definition) is 5. The fourth-order valence-electron chi connectivity index (χ4n) is 3.03. The molecule has 1 aliphatic heterocycles. The number of fused-ring (bicyclic) bond motifs is 1. The van der Waals surface area contributed by atoms with Crippen LogP contribution in [0, 0.1) is 5.82 Å². The van der Waals surface area contributed by atoms with E-state index in [-0.39, 0.29) is 24.2 Å². The molecule has 0 bridgehead atoms. The number of nitrogens with one attached hydrogen (secondary N) is 2. The van der Waals surface area contributed by atoms with Gasteiger partial charge in [0, 0.05) is 29.7 Å². The molecule has 1 aromatic carbocycles.